The number of nitrogens with one attached hydrogen (secondary N) is 1. The molecule has 0 saturated carbocycles. The normalized spacial score (nSPS) is 10.5. The molecule has 1 N–H and O–H groups in total. The number of anilines is 1. The Bertz CT molecular complexity index is 855. The van der Waals surface area contributed by atoms with E-state index in [1.54, 1.807) is 44.6 Å². The van der Waals surface area contributed by atoms with Gasteiger partial charge in [0.05, 0.1) is 24.4 Å². The summed E-state index contributed by atoms with van der Waals surface area (Å²) in [6.07, 6.45) is 0. The minimum atomic E-state index is -0.298. The number of amides is 1. The van der Waals surface area contributed by atoms with Gasteiger partial charge in [0.25, 0.3) is 5.91 Å². The van der Waals surface area contributed by atoms with E-state index in [9.17, 15) is 4.79 Å². The van der Waals surface area contributed by atoms with E-state index in [4.69, 9.17) is 25.8 Å². The van der Waals surface area contributed by atoms with Crippen LogP contribution in [0.25, 0.3) is 10.2 Å². The molecule has 2 aromatic carbocycles. The van der Waals surface area contributed by atoms with Gasteiger partial charge in [-0.2, -0.15) is 0 Å². The lowest BCUT2D eigenvalue weighted by Crippen LogP contribution is -2.19. The van der Waals surface area contributed by atoms with Gasteiger partial charge in [-0.25, -0.2) is 4.98 Å². The van der Waals surface area contributed by atoms with Crippen molar-refractivity contribution < 1.29 is 19.0 Å². The van der Waals surface area contributed by atoms with Gasteiger partial charge in [0.2, 0.25) is 0 Å². The number of aromatic nitrogens is 1. The van der Waals surface area contributed by atoms with Gasteiger partial charge in [0.15, 0.2) is 23.2 Å². The lowest BCUT2D eigenvalue weighted by molar-refractivity contribution is -0.118. The van der Waals surface area contributed by atoms with Crippen molar-refractivity contribution >= 4 is 44.2 Å². The van der Waals surface area contributed by atoms with Crippen molar-refractivity contribution in [2.24, 2.45) is 0 Å². The molecule has 0 unspecified atom stereocenters. The minimum absolute atomic E-state index is 0.121. The minimum Gasteiger partial charge on any atom is -0.493 e. The lowest BCUT2D eigenvalue weighted by atomic mass is 10.3. The number of carbonyl (C=O) groups is 1. The first-order chi connectivity index (χ1) is 12.1. The average molecular weight is 379 g/mol. The molecule has 1 heterocycles. The fraction of sp³-hybridized carbons (Fsp3) is 0.176. The Balaban J connectivity index is 1.67. The highest BCUT2D eigenvalue weighted by Crippen LogP contribution is 2.36. The number of benzene rings is 2. The van der Waals surface area contributed by atoms with E-state index in [1.165, 1.54) is 11.3 Å². The molecule has 0 atom stereocenters. The summed E-state index contributed by atoms with van der Waals surface area (Å²) < 4.78 is 16.8. The van der Waals surface area contributed by atoms with E-state index in [0.717, 1.165) is 10.2 Å². The van der Waals surface area contributed by atoms with Crippen LogP contribution >= 0.6 is 22.9 Å². The van der Waals surface area contributed by atoms with Crippen LogP contribution in [0.2, 0.25) is 5.02 Å². The number of ether oxygens (including phenoxy) is 3. The quantitative estimate of drug-likeness (QED) is 0.702. The van der Waals surface area contributed by atoms with Crippen molar-refractivity contribution in [3.05, 3.63) is 41.4 Å². The third kappa shape index (κ3) is 4.12. The van der Waals surface area contributed by atoms with E-state index >= 15 is 0 Å². The molecule has 25 heavy (non-hydrogen) atoms. The summed E-state index contributed by atoms with van der Waals surface area (Å²) in [4.78, 5) is 16.4. The van der Waals surface area contributed by atoms with Crippen LogP contribution in [0.5, 0.6) is 17.2 Å². The number of hydrogen-bond donors (Lipinski definition) is 1. The molecule has 3 rings (SSSR count). The van der Waals surface area contributed by atoms with Gasteiger partial charge in [0.1, 0.15) is 5.75 Å². The Kier molecular flexibility index (Phi) is 5.25. The fourth-order valence-electron chi connectivity index (χ4n) is 2.14. The smallest absolute Gasteiger partial charge is 0.264 e. The Hall–Kier alpha value is -2.51. The summed E-state index contributed by atoms with van der Waals surface area (Å²) in [5.74, 6) is 1.47. The predicted molar refractivity (Wildman–Crippen MR) is 98.3 cm³/mol. The summed E-state index contributed by atoms with van der Waals surface area (Å²) in [6, 6.07) is 10.4. The van der Waals surface area contributed by atoms with Crippen LogP contribution in [0.1, 0.15) is 0 Å². The largest absolute Gasteiger partial charge is 0.493 e. The van der Waals surface area contributed by atoms with Crippen molar-refractivity contribution in [2.45, 2.75) is 0 Å². The van der Waals surface area contributed by atoms with Gasteiger partial charge in [-0.1, -0.05) is 22.9 Å². The highest BCUT2D eigenvalue weighted by Gasteiger charge is 2.12. The number of halogens is 1. The molecule has 0 saturated heterocycles. The van der Waals surface area contributed by atoms with Crippen molar-refractivity contribution in [3.63, 3.8) is 0 Å². The first-order valence-electron chi connectivity index (χ1n) is 7.30. The third-order valence-corrected chi connectivity index (χ3v) is 4.51. The Morgan fingerprint density at radius 3 is 2.52 bits per heavy atom. The summed E-state index contributed by atoms with van der Waals surface area (Å²) in [5.41, 5.74) is 0.719. The molecular formula is C17H15ClN2O4S. The highest BCUT2D eigenvalue weighted by atomic mass is 35.5. The number of methoxy groups -OCH3 is 2. The standard InChI is InChI=1S/C17H15ClN2O4S/c1-22-13-7-12-15(8-14(13)23-2)25-17(19-12)20-16(21)9-24-11-5-3-10(18)4-6-11/h3-8H,9H2,1-2H3,(H,19,20,21). The molecule has 8 heteroatoms. The second kappa shape index (κ2) is 7.58. The van der Waals surface area contributed by atoms with Gasteiger partial charge < -0.3 is 14.2 Å². The van der Waals surface area contributed by atoms with Crippen LogP contribution in [0.3, 0.4) is 0 Å². The van der Waals surface area contributed by atoms with Crippen LogP contribution < -0.4 is 19.5 Å². The van der Waals surface area contributed by atoms with Crippen molar-refractivity contribution in [1.29, 1.82) is 0 Å². The molecule has 0 radical (unpaired) electrons. The van der Waals surface area contributed by atoms with Crippen molar-refractivity contribution in [1.82, 2.24) is 4.98 Å². The van der Waals surface area contributed by atoms with Crippen molar-refractivity contribution in [3.8, 4) is 17.2 Å². The van der Waals surface area contributed by atoms with Crippen LogP contribution in [-0.2, 0) is 4.79 Å². The summed E-state index contributed by atoms with van der Waals surface area (Å²) >= 11 is 7.15. The average Bonchev–Trinajstić information content (AvgIpc) is 3.00. The zero-order valence-electron chi connectivity index (χ0n) is 13.5. The zero-order valence-corrected chi connectivity index (χ0v) is 15.1. The number of carbonyl (C=O) groups excluding carboxylic acids is 1. The van der Waals surface area contributed by atoms with Crippen LogP contribution in [0, 0.1) is 0 Å². The molecule has 0 aliphatic rings. The van der Waals surface area contributed by atoms with E-state index in [0.29, 0.717) is 27.4 Å². The van der Waals surface area contributed by atoms with Crippen molar-refractivity contribution in [2.75, 3.05) is 26.1 Å². The fourth-order valence-corrected chi connectivity index (χ4v) is 3.16. The number of rotatable bonds is 6. The molecule has 6 nitrogen and oxygen atoms in total. The number of thiazole rings is 1. The maximum absolute atomic E-state index is 12.0. The van der Waals surface area contributed by atoms with E-state index in [-0.39, 0.29) is 12.5 Å². The second-order valence-electron chi connectivity index (χ2n) is 4.98. The zero-order chi connectivity index (χ0) is 17.8. The monoisotopic (exact) mass is 378 g/mol. The Labute approximate surface area is 153 Å². The van der Waals surface area contributed by atoms with E-state index in [2.05, 4.69) is 10.3 Å². The molecule has 1 aromatic heterocycles. The number of fused-ring (bicyclic) bond motifs is 1. The van der Waals surface area contributed by atoms with Crippen LogP contribution in [-0.4, -0.2) is 31.7 Å². The molecule has 0 bridgehead atoms. The molecule has 0 aliphatic heterocycles. The topological polar surface area (TPSA) is 69.7 Å². The molecule has 0 aliphatic carbocycles. The van der Waals surface area contributed by atoms with Gasteiger partial charge >= 0.3 is 0 Å². The molecule has 0 fully saturated rings. The van der Waals surface area contributed by atoms with Crippen LogP contribution in [0.4, 0.5) is 5.13 Å². The summed E-state index contributed by atoms with van der Waals surface area (Å²) in [7, 11) is 3.13. The molecular weight excluding hydrogens is 364 g/mol. The predicted octanol–water partition coefficient (Wildman–Crippen LogP) is 3.98. The van der Waals surface area contributed by atoms with E-state index < -0.39 is 0 Å². The molecule has 0 spiro atoms. The lowest BCUT2D eigenvalue weighted by Gasteiger charge is -2.05. The first-order valence-corrected chi connectivity index (χ1v) is 8.49. The Morgan fingerprint density at radius 1 is 1.16 bits per heavy atom. The maximum Gasteiger partial charge on any atom is 0.264 e. The molecule has 1 amide bonds. The Morgan fingerprint density at radius 2 is 1.84 bits per heavy atom. The third-order valence-electron chi connectivity index (χ3n) is 3.32. The maximum atomic E-state index is 12.0. The van der Waals surface area contributed by atoms with Gasteiger partial charge in [-0.15, -0.1) is 0 Å². The highest BCUT2D eigenvalue weighted by molar-refractivity contribution is 7.22. The first kappa shape index (κ1) is 17.3. The second-order valence-corrected chi connectivity index (χ2v) is 6.45. The molecule has 3 aromatic rings. The van der Waals surface area contributed by atoms with E-state index in [1.807, 2.05) is 6.07 Å². The van der Waals surface area contributed by atoms with Crippen LogP contribution in [0.15, 0.2) is 36.4 Å². The number of hydrogen-bond acceptors (Lipinski definition) is 6. The van der Waals surface area contributed by atoms with Gasteiger partial charge in [0, 0.05) is 17.2 Å². The SMILES string of the molecule is COc1cc2nc(NC(=O)COc3ccc(Cl)cc3)sc2cc1OC. The van der Waals surface area contributed by atoms with Gasteiger partial charge in [-0.05, 0) is 24.3 Å². The molecule has 130 valence electrons. The van der Waals surface area contributed by atoms with Gasteiger partial charge in [-0.3, -0.25) is 10.1 Å². The summed E-state index contributed by atoms with van der Waals surface area (Å²) in [5, 5.41) is 3.81. The summed E-state index contributed by atoms with van der Waals surface area (Å²) in [6.45, 7) is -0.121. The number of nitrogens with zero attached hydrogens (tertiary/aromatic N) is 1.